The zero-order chi connectivity index (χ0) is 26.4. The van der Waals surface area contributed by atoms with Crippen LogP contribution in [0.4, 0.5) is 13.2 Å². The molecule has 5 aromatic rings. The summed E-state index contributed by atoms with van der Waals surface area (Å²) in [6, 6.07) is 13.5. The van der Waals surface area contributed by atoms with Gasteiger partial charge in [0.05, 0.1) is 18.2 Å². The molecule has 1 aliphatic carbocycles. The lowest BCUT2D eigenvalue weighted by molar-refractivity contribution is -0.148. The van der Waals surface area contributed by atoms with E-state index < -0.39 is 24.0 Å². The minimum atomic E-state index is -4.67. The van der Waals surface area contributed by atoms with Crippen molar-refractivity contribution in [2.24, 2.45) is 5.92 Å². The van der Waals surface area contributed by atoms with E-state index in [1.54, 1.807) is 18.3 Å². The maximum atomic E-state index is 14.1. The van der Waals surface area contributed by atoms with Crippen LogP contribution in [0.1, 0.15) is 40.9 Å². The summed E-state index contributed by atoms with van der Waals surface area (Å²) in [7, 11) is 1.27. The van der Waals surface area contributed by atoms with Crippen LogP contribution < -0.4 is 0 Å². The van der Waals surface area contributed by atoms with E-state index in [1.807, 2.05) is 24.3 Å². The standard InChI is InChI=1S/C27H21F3N6O2/c1-38-25(37)17-8-6-16(7-9-17)22-23-24(33-14-32-22)36(26(35-23)27(28,29)30)19-10-15(11-19)12-21-31-13-18-4-2-3-5-20(18)34-21/h2-9,13-15,19H,10-12H2,1H3. The number of ether oxygens (including phenoxy) is 1. The SMILES string of the molecule is COC(=O)c1ccc(-c2ncnc3c2nc(C(F)(F)F)n3C2CC(Cc3ncc4ccccc4n3)C2)cc1. The zero-order valence-electron chi connectivity index (χ0n) is 20.2. The number of alkyl halides is 3. The highest BCUT2D eigenvalue weighted by atomic mass is 19.4. The summed E-state index contributed by atoms with van der Waals surface area (Å²) in [5, 5.41) is 0.942. The normalized spacial score (nSPS) is 17.5. The molecule has 0 amide bonds. The van der Waals surface area contributed by atoms with Crippen molar-refractivity contribution in [3.05, 3.63) is 78.3 Å². The minimum Gasteiger partial charge on any atom is -0.465 e. The van der Waals surface area contributed by atoms with Gasteiger partial charge in [-0.05, 0) is 37.0 Å². The fraction of sp³-hybridized carbons (Fsp3) is 0.259. The number of carbonyl (C=O) groups is 1. The number of imidazole rings is 1. The average Bonchev–Trinajstić information content (AvgIpc) is 3.30. The summed E-state index contributed by atoms with van der Waals surface area (Å²) in [5.41, 5.74) is 2.13. The molecule has 0 spiro atoms. The number of hydrogen-bond donors (Lipinski definition) is 0. The highest BCUT2D eigenvalue weighted by Crippen LogP contribution is 2.45. The Morgan fingerprint density at radius 1 is 1.03 bits per heavy atom. The van der Waals surface area contributed by atoms with Crippen LogP contribution >= 0.6 is 0 Å². The van der Waals surface area contributed by atoms with Crippen molar-refractivity contribution in [2.75, 3.05) is 7.11 Å². The highest BCUT2D eigenvalue weighted by Gasteiger charge is 2.43. The summed E-state index contributed by atoms with van der Waals surface area (Å²) < 4.78 is 48.2. The van der Waals surface area contributed by atoms with E-state index in [2.05, 4.69) is 24.9 Å². The zero-order valence-corrected chi connectivity index (χ0v) is 20.2. The van der Waals surface area contributed by atoms with E-state index in [1.165, 1.54) is 30.1 Å². The van der Waals surface area contributed by atoms with Crippen LogP contribution in [0.5, 0.6) is 0 Å². The van der Waals surface area contributed by atoms with Gasteiger partial charge in [0.15, 0.2) is 5.65 Å². The van der Waals surface area contributed by atoms with E-state index in [9.17, 15) is 18.0 Å². The maximum Gasteiger partial charge on any atom is 0.449 e. The number of esters is 1. The molecular weight excluding hydrogens is 497 g/mol. The molecule has 1 fully saturated rings. The molecule has 0 saturated heterocycles. The Bertz CT molecular complexity index is 1660. The molecule has 1 aliphatic rings. The van der Waals surface area contributed by atoms with Crippen LogP contribution in [-0.2, 0) is 17.3 Å². The molecule has 0 unspecified atom stereocenters. The fourth-order valence-corrected chi connectivity index (χ4v) is 4.99. The van der Waals surface area contributed by atoms with Gasteiger partial charge in [0, 0.05) is 29.6 Å². The Morgan fingerprint density at radius 3 is 2.53 bits per heavy atom. The smallest absolute Gasteiger partial charge is 0.449 e. The maximum absolute atomic E-state index is 14.1. The number of rotatable bonds is 5. The third-order valence-electron chi connectivity index (χ3n) is 6.90. The quantitative estimate of drug-likeness (QED) is 0.286. The van der Waals surface area contributed by atoms with Gasteiger partial charge in [0.1, 0.15) is 23.4 Å². The molecule has 0 N–H and O–H groups in total. The second kappa shape index (κ2) is 9.16. The van der Waals surface area contributed by atoms with E-state index in [-0.39, 0.29) is 22.8 Å². The van der Waals surface area contributed by atoms with Gasteiger partial charge in [-0.25, -0.2) is 29.7 Å². The topological polar surface area (TPSA) is 95.7 Å². The van der Waals surface area contributed by atoms with Crippen LogP contribution in [0, 0.1) is 5.92 Å². The van der Waals surface area contributed by atoms with Crippen LogP contribution in [0.15, 0.2) is 61.1 Å². The van der Waals surface area contributed by atoms with Crippen molar-refractivity contribution in [1.82, 2.24) is 29.5 Å². The minimum absolute atomic E-state index is 0.0620. The summed E-state index contributed by atoms with van der Waals surface area (Å²) in [6.07, 6.45) is -0.0183. The van der Waals surface area contributed by atoms with Crippen molar-refractivity contribution in [2.45, 2.75) is 31.5 Å². The Morgan fingerprint density at radius 2 is 1.79 bits per heavy atom. The average molecular weight is 518 g/mol. The number of para-hydroxylation sites is 1. The van der Waals surface area contributed by atoms with Crippen molar-refractivity contribution in [3.8, 4) is 11.3 Å². The van der Waals surface area contributed by atoms with Gasteiger partial charge in [0.25, 0.3) is 0 Å². The molecule has 0 bridgehead atoms. The molecule has 3 heterocycles. The molecular formula is C27H21F3N6O2. The van der Waals surface area contributed by atoms with Crippen molar-refractivity contribution < 1.29 is 22.7 Å². The molecule has 0 radical (unpaired) electrons. The van der Waals surface area contributed by atoms with E-state index in [0.717, 1.165) is 10.9 Å². The largest absolute Gasteiger partial charge is 0.465 e. The highest BCUT2D eigenvalue weighted by molar-refractivity contribution is 5.92. The first-order valence-electron chi connectivity index (χ1n) is 12.0. The van der Waals surface area contributed by atoms with E-state index >= 15 is 0 Å². The lowest BCUT2D eigenvalue weighted by Crippen LogP contribution is -2.31. The van der Waals surface area contributed by atoms with Crippen LogP contribution in [0.2, 0.25) is 0 Å². The Kier molecular flexibility index (Phi) is 5.77. The number of hydrogen-bond acceptors (Lipinski definition) is 7. The molecule has 0 aliphatic heterocycles. The molecule has 38 heavy (non-hydrogen) atoms. The summed E-state index contributed by atoms with van der Waals surface area (Å²) in [5.74, 6) is -0.682. The van der Waals surface area contributed by atoms with E-state index in [4.69, 9.17) is 4.74 Å². The van der Waals surface area contributed by atoms with Crippen molar-refractivity contribution in [1.29, 1.82) is 0 Å². The van der Waals surface area contributed by atoms with Crippen molar-refractivity contribution >= 4 is 28.0 Å². The van der Waals surface area contributed by atoms with Crippen molar-refractivity contribution in [3.63, 3.8) is 0 Å². The third kappa shape index (κ3) is 4.23. The van der Waals surface area contributed by atoms with Crippen LogP contribution in [-0.4, -0.2) is 42.6 Å². The predicted molar refractivity (Wildman–Crippen MR) is 132 cm³/mol. The Hall–Kier alpha value is -4.41. The molecule has 2 aromatic carbocycles. The van der Waals surface area contributed by atoms with Gasteiger partial charge in [-0.1, -0.05) is 30.3 Å². The lowest BCUT2D eigenvalue weighted by atomic mass is 9.77. The van der Waals surface area contributed by atoms with Gasteiger partial charge >= 0.3 is 12.1 Å². The van der Waals surface area contributed by atoms with E-state index in [0.29, 0.717) is 36.2 Å². The predicted octanol–water partition coefficient (Wildman–Crippen LogP) is 5.44. The monoisotopic (exact) mass is 518 g/mol. The number of aromatic nitrogens is 6. The van der Waals surface area contributed by atoms with Gasteiger partial charge in [-0.3, -0.25) is 0 Å². The first kappa shape index (κ1) is 24.0. The molecule has 1 saturated carbocycles. The number of halogens is 3. The number of carbonyl (C=O) groups excluding carboxylic acids is 1. The van der Waals surface area contributed by atoms with Gasteiger partial charge in [-0.15, -0.1) is 0 Å². The van der Waals surface area contributed by atoms with Gasteiger partial charge in [-0.2, -0.15) is 13.2 Å². The van der Waals surface area contributed by atoms with Crippen LogP contribution in [0.25, 0.3) is 33.3 Å². The number of fused-ring (bicyclic) bond motifs is 2. The molecule has 8 nitrogen and oxygen atoms in total. The van der Waals surface area contributed by atoms with Gasteiger partial charge in [0.2, 0.25) is 5.82 Å². The molecule has 0 atom stereocenters. The molecule has 6 rings (SSSR count). The first-order chi connectivity index (χ1) is 18.3. The van der Waals surface area contributed by atoms with Gasteiger partial charge < -0.3 is 9.30 Å². The molecule has 3 aromatic heterocycles. The second-order valence-corrected chi connectivity index (χ2v) is 9.31. The Balaban J connectivity index is 1.30. The first-order valence-corrected chi connectivity index (χ1v) is 12.0. The summed E-state index contributed by atoms with van der Waals surface area (Å²) in [4.78, 5) is 33.2. The second-order valence-electron chi connectivity index (χ2n) is 9.31. The lowest BCUT2D eigenvalue weighted by Gasteiger charge is -2.37. The third-order valence-corrected chi connectivity index (χ3v) is 6.90. The molecule has 11 heteroatoms. The number of nitrogens with zero attached hydrogens (tertiary/aromatic N) is 6. The molecule has 192 valence electrons. The summed E-state index contributed by atoms with van der Waals surface area (Å²) >= 11 is 0. The summed E-state index contributed by atoms with van der Waals surface area (Å²) in [6.45, 7) is 0. The number of benzene rings is 2. The fourth-order valence-electron chi connectivity index (χ4n) is 4.99. The number of methoxy groups -OCH3 is 1. The van der Waals surface area contributed by atoms with Crippen LogP contribution in [0.3, 0.4) is 0 Å². The Labute approximate surface area is 214 Å².